The highest BCUT2D eigenvalue weighted by Gasteiger charge is 2.52. The first-order chi connectivity index (χ1) is 12.9. The quantitative estimate of drug-likeness (QED) is 0.742. The van der Waals surface area contributed by atoms with E-state index in [1.807, 2.05) is 11.9 Å². The fraction of sp³-hybridized carbons (Fsp3) is 0.667. The summed E-state index contributed by atoms with van der Waals surface area (Å²) < 4.78 is 50.6. The predicted octanol–water partition coefficient (Wildman–Crippen LogP) is 2.36. The number of halogens is 3. The summed E-state index contributed by atoms with van der Waals surface area (Å²) in [5, 5.41) is 2.77. The van der Waals surface area contributed by atoms with Gasteiger partial charge in [-0.3, -0.25) is 9.69 Å². The lowest BCUT2D eigenvalue weighted by Gasteiger charge is -2.19. The molecule has 0 aromatic carbocycles. The van der Waals surface area contributed by atoms with Crippen molar-refractivity contribution in [2.45, 2.75) is 44.7 Å². The molecule has 0 spiro atoms. The number of amides is 1. The molecule has 6 nitrogen and oxygen atoms in total. The Bertz CT molecular complexity index is 698. The van der Waals surface area contributed by atoms with Gasteiger partial charge < -0.3 is 14.8 Å². The maximum absolute atomic E-state index is 14.3. The number of ether oxygens (including phenoxy) is 2. The Morgan fingerprint density at radius 1 is 1.44 bits per heavy atom. The van der Waals surface area contributed by atoms with Crippen LogP contribution in [0.4, 0.5) is 13.2 Å². The molecule has 1 amide bonds. The number of nitrogens with one attached hydrogen (secondary N) is 1. The van der Waals surface area contributed by atoms with Crippen LogP contribution in [0.25, 0.3) is 0 Å². The van der Waals surface area contributed by atoms with E-state index in [4.69, 9.17) is 9.47 Å². The zero-order chi connectivity index (χ0) is 19.6. The predicted molar refractivity (Wildman–Crippen MR) is 91.4 cm³/mol. The van der Waals surface area contributed by atoms with Crippen molar-refractivity contribution in [2.24, 2.45) is 5.41 Å². The van der Waals surface area contributed by atoms with Crippen LogP contribution >= 0.6 is 0 Å². The van der Waals surface area contributed by atoms with Gasteiger partial charge in [-0.05, 0) is 45.3 Å². The van der Waals surface area contributed by atoms with Crippen LogP contribution in [0.5, 0.6) is 11.8 Å². The van der Waals surface area contributed by atoms with Crippen molar-refractivity contribution in [3.05, 3.63) is 17.4 Å². The number of pyridine rings is 1. The molecule has 0 radical (unpaired) electrons. The molecular formula is C18H24F3N3O3. The van der Waals surface area contributed by atoms with Gasteiger partial charge in [0.2, 0.25) is 18.2 Å². The second-order valence-electron chi connectivity index (χ2n) is 7.25. The van der Waals surface area contributed by atoms with E-state index >= 15 is 0 Å². The van der Waals surface area contributed by atoms with Gasteiger partial charge in [0.25, 0.3) is 5.88 Å². The Kier molecular flexibility index (Phi) is 5.78. The molecule has 1 saturated heterocycles. The van der Waals surface area contributed by atoms with E-state index < -0.39 is 17.7 Å². The summed E-state index contributed by atoms with van der Waals surface area (Å²) in [6.07, 6.45) is -0.0669. The molecule has 9 heteroatoms. The molecule has 3 rings (SSSR count). The zero-order valence-electron chi connectivity index (χ0n) is 15.4. The minimum absolute atomic E-state index is 0.0531. The van der Waals surface area contributed by atoms with Crippen molar-refractivity contribution in [3.8, 4) is 11.8 Å². The van der Waals surface area contributed by atoms with Crippen molar-refractivity contribution < 1.29 is 27.4 Å². The van der Waals surface area contributed by atoms with Gasteiger partial charge in [-0.25, -0.2) is 13.2 Å². The molecule has 1 N–H and O–H groups in total. The number of rotatable bonds is 8. The lowest BCUT2D eigenvalue weighted by Crippen LogP contribution is -2.41. The lowest BCUT2D eigenvalue weighted by atomic mass is 10.1. The van der Waals surface area contributed by atoms with E-state index in [1.165, 1.54) is 7.11 Å². The summed E-state index contributed by atoms with van der Waals surface area (Å²) in [6.45, 7) is 0.628. The topological polar surface area (TPSA) is 63.7 Å². The van der Waals surface area contributed by atoms with E-state index in [0.29, 0.717) is 18.4 Å². The summed E-state index contributed by atoms with van der Waals surface area (Å²) in [7, 11) is 3.25. The van der Waals surface area contributed by atoms with E-state index in [9.17, 15) is 18.0 Å². The largest absolute Gasteiger partial charge is 0.481 e. The van der Waals surface area contributed by atoms with Gasteiger partial charge in [0.1, 0.15) is 6.61 Å². The van der Waals surface area contributed by atoms with Gasteiger partial charge in [-0.15, -0.1) is 0 Å². The average Bonchev–Trinajstić information content (AvgIpc) is 3.32. The Morgan fingerprint density at radius 3 is 2.74 bits per heavy atom. The molecule has 1 aliphatic heterocycles. The summed E-state index contributed by atoms with van der Waals surface area (Å²) >= 11 is 0. The van der Waals surface area contributed by atoms with Crippen LogP contribution in [0.3, 0.4) is 0 Å². The molecule has 1 aliphatic carbocycles. The molecular weight excluding hydrogens is 363 g/mol. The molecule has 150 valence electrons. The van der Waals surface area contributed by atoms with Crippen molar-refractivity contribution in [1.29, 1.82) is 0 Å². The number of hydrogen-bond acceptors (Lipinski definition) is 5. The molecule has 1 aromatic heterocycles. The Morgan fingerprint density at radius 2 is 2.19 bits per heavy atom. The monoisotopic (exact) mass is 387 g/mol. The maximum Gasteiger partial charge on any atom is 0.253 e. The first-order valence-electron chi connectivity index (χ1n) is 8.98. The Balaban J connectivity index is 1.64. The summed E-state index contributed by atoms with van der Waals surface area (Å²) in [5.74, 6) is -1.19. The number of hydrogen-bond donors (Lipinski definition) is 1. The van der Waals surface area contributed by atoms with Crippen LogP contribution < -0.4 is 14.8 Å². The molecule has 1 aromatic rings. The molecule has 2 heterocycles. The third-order valence-corrected chi connectivity index (χ3v) is 5.30. The van der Waals surface area contributed by atoms with E-state index in [1.54, 1.807) is 0 Å². The van der Waals surface area contributed by atoms with Gasteiger partial charge in [0, 0.05) is 12.1 Å². The number of carbonyl (C=O) groups excluding carboxylic acids is 1. The van der Waals surface area contributed by atoms with Crippen LogP contribution in [0.15, 0.2) is 6.07 Å². The lowest BCUT2D eigenvalue weighted by molar-refractivity contribution is -0.125. The number of alkyl halides is 2. The first kappa shape index (κ1) is 19.7. The Hall–Kier alpha value is -2.03. The fourth-order valence-electron chi connectivity index (χ4n) is 3.24. The molecule has 2 fully saturated rings. The van der Waals surface area contributed by atoms with Crippen molar-refractivity contribution >= 4 is 5.91 Å². The standard InChI is InChI=1S/C18H24F3N3O3/c1-24-7-3-4-13(24)14(25)22-9-11-8-12(19)16(23-15(11)26-2)27-10-18(5-6-18)17(20)21/h8,13,17H,3-7,9-10H2,1-2H3,(H,22,25). The average molecular weight is 387 g/mol. The zero-order valence-corrected chi connectivity index (χ0v) is 15.4. The number of likely N-dealkylation sites (N-methyl/N-ethyl adjacent to an activating group) is 1. The van der Waals surface area contributed by atoms with E-state index in [0.717, 1.165) is 25.5 Å². The highest BCUT2D eigenvalue weighted by molar-refractivity contribution is 5.82. The van der Waals surface area contributed by atoms with Crippen LogP contribution in [0.1, 0.15) is 31.2 Å². The van der Waals surface area contributed by atoms with E-state index in [-0.39, 0.29) is 36.9 Å². The minimum Gasteiger partial charge on any atom is -0.481 e. The van der Waals surface area contributed by atoms with Gasteiger partial charge in [0.05, 0.1) is 18.6 Å². The molecule has 1 atom stereocenters. The van der Waals surface area contributed by atoms with Gasteiger partial charge in [-0.2, -0.15) is 4.98 Å². The van der Waals surface area contributed by atoms with Crippen molar-refractivity contribution in [3.63, 3.8) is 0 Å². The van der Waals surface area contributed by atoms with Crippen LogP contribution in [-0.2, 0) is 11.3 Å². The third-order valence-electron chi connectivity index (χ3n) is 5.30. The SMILES string of the molecule is COc1nc(OCC2(C(F)F)CC2)c(F)cc1CNC(=O)C1CCCN1C. The summed E-state index contributed by atoms with van der Waals surface area (Å²) in [5.41, 5.74) is -0.840. The molecule has 1 saturated carbocycles. The molecule has 2 aliphatic rings. The number of methoxy groups -OCH3 is 1. The van der Waals surface area contributed by atoms with Crippen LogP contribution in [-0.4, -0.2) is 55.6 Å². The first-order valence-corrected chi connectivity index (χ1v) is 8.98. The maximum atomic E-state index is 14.3. The summed E-state index contributed by atoms with van der Waals surface area (Å²) in [4.78, 5) is 18.2. The minimum atomic E-state index is -2.51. The smallest absolute Gasteiger partial charge is 0.253 e. The van der Waals surface area contributed by atoms with Gasteiger partial charge in [0.15, 0.2) is 5.82 Å². The van der Waals surface area contributed by atoms with Gasteiger partial charge in [-0.1, -0.05) is 0 Å². The highest BCUT2D eigenvalue weighted by atomic mass is 19.3. The number of aromatic nitrogens is 1. The van der Waals surface area contributed by atoms with Gasteiger partial charge >= 0.3 is 0 Å². The molecule has 0 bridgehead atoms. The number of likely N-dealkylation sites (tertiary alicyclic amines) is 1. The van der Waals surface area contributed by atoms with Crippen molar-refractivity contribution in [2.75, 3.05) is 27.3 Å². The molecule has 27 heavy (non-hydrogen) atoms. The fourth-order valence-corrected chi connectivity index (χ4v) is 3.24. The number of nitrogens with zero attached hydrogens (tertiary/aromatic N) is 2. The summed E-state index contributed by atoms with van der Waals surface area (Å²) in [6, 6.07) is 0.961. The van der Waals surface area contributed by atoms with Crippen LogP contribution in [0, 0.1) is 11.2 Å². The Labute approximate surface area is 156 Å². The second-order valence-corrected chi connectivity index (χ2v) is 7.25. The highest BCUT2D eigenvalue weighted by Crippen LogP contribution is 2.50. The normalized spacial score (nSPS) is 21.3. The second kappa shape index (κ2) is 7.92. The van der Waals surface area contributed by atoms with Crippen LogP contribution in [0.2, 0.25) is 0 Å². The van der Waals surface area contributed by atoms with E-state index in [2.05, 4.69) is 10.3 Å². The number of carbonyl (C=O) groups is 1. The molecule has 1 unspecified atom stereocenters. The third kappa shape index (κ3) is 4.28. The van der Waals surface area contributed by atoms with Crippen molar-refractivity contribution in [1.82, 2.24) is 15.2 Å².